The molecular weight excluding hydrogens is 463 g/mol. The second-order valence-electron chi connectivity index (χ2n) is 9.82. The molecule has 0 atom stereocenters. The maximum Gasteiger partial charge on any atom is 0.343 e. The van der Waals surface area contributed by atoms with Gasteiger partial charge in [0.1, 0.15) is 11.6 Å². The number of halogens is 1. The van der Waals surface area contributed by atoms with Gasteiger partial charge >= 0.3 is 5.97 Å². The van der Waals surface area contributed by atoms with Crippen LogP contribution in [-0.2, 0) is 12.8 Å². The van der Waals surface area contributed by atoms with Gasteiger partial charge in [-0.3, -0.25) is 0 Å². The predicted octanol–water partition coefficient (Wildman–Crippen LogP) is 8.92. The second kappa shape index (κ2) is 15.9. The fraction of sp³-hybridized carbons (Fsp3) is 0.469. The molecule has 0 bridgehead atoms. The van der Waals surface area contributed by atoms with Gasteiger partial charge in [0.2, 0.25) is 0 Å². The molecule has 198 valence electrons. The van der Waals surface area contributed by atoms with E-state index in [1.165, 1.54) is 57.4 Å². The fourth-order valence-electron chi connectivity index (χ4n) is 4.38. The molecular formula is C32H41FN2O2. The first kappa shape index (κ1) is 28.5. The number of esters is 1. The van der Waals surface area contributed by atoms with Crippen LogP contribution in [0.1, 0.15) is 106 Å². The fourth-order valence-corrected chi connectivity index (χ4v) is 4.38. The van der Waals surface area contributed by atoms with Crippen molar-refractivity contribution in [3.8, 4) is 17.1 Å². The molecule has 0 saturated heterocycles. The van der Waals surface area contributed by atoms with E-state index in [-0.39, 0.29) is 11.6 Å². The zero-order chi connectivity index (χ0) is 26.3. The van der Waals surface area contributed by atoms with Gasteiger partial charge in [-0.15, -0.1) is 0 Å². The Balaban J connectivity index is 1.49. The molecule has 37 heavy (non-hydrogen) atoms. The summed E-state index contributed by atoms with van der Waals surface area (Å²) in [5.41, 5.74) is 3.04. The maximum atomic E-state index is 14.5. The quantitative estimate of drug-likeness (QED) is 0.111. The zero-order valence-electron chi connectivity index (χ0n) is 22.5. The number of rotatable bonds is 16. The summed E-state index contributed by atoms with van der Waals surface area (Å²) in [5, 5.41) is 0. The minimum absolute atomic E-state index is 0.215. The molecule has 0 aliphatic heterocycles. The highest BCUT2D eigenvalue weighted by Gasteiger charge is 2.12. The molecule has 0 radical (unpaired) electrons. The van der Waals surface area contributed by atoms with Crippen molar-refractivity contribution in [3.63, 3.8) is 0 Å². The summed E-state index contributed by atoms with van der Waals surface area (Å²) in [4.78, 5) is 21.6. The van der Waals surface area contributed by atoms with E-state index in [1.807, 2.05) is 12.4 Å². The van der Waals surface area contributed by atoms with Crippen LogP contribution in [0.25, 0.3) is 11.4 Å². The van der Waals surface area contributed by atoms with Crippen LogP contribution < -0.4 is 4.74 Å². The Morgan fingerprint density at radius 3 is 1.97 bits per heavy atom. The Kier molecular flexibility index (Phi) is 12.2. The normalized spacial score (nSPS) is 11.0. The van der Waals surface area contributed by atoms with E-state index in [4.69, 9.17) is 4.74 Å². The van der Waals surface area contributed by atoms with Crippen LogP contribution in [-0.4, -0.2) is 15.9 Å². The third-order valence-corrected chi connectivity index (χ3v) is 6.69. The molecule has 0 amide bonds. The molecule has 1 heterocycles. The topological polar surface area (TPSA) is 52.1 Å². The highest BCUT2D eigenvalue weighted by molar-refractivity contribution is 5.91. The molecule has 4 nitrogen and oxygen atoms in total. The molecule has 1 aromatic heterocycles. The first-order valence-electron chi connectivity index (χ1n) is 14.0. The summed E-state index contributed by atoms with van der Waals surface area (Å²) in [6, 6.07) is 11.7. The Labute approximate surface area is 221 Å². The predicted molar refractivity (Wildman–Crippen MR) is 148 cm³/mol. The standard InChI is InChI=1S/C32H41FN2O2/c1-3-5-7-9-11-13-15-26-20-21-29(22-30(26)33)37-32(36)28-18-16-27(17-19-28)31-34-23-25(24-35-31)14-12-10-8-6-4-2/h16-24H,3-15H2,1-2H3. The van der Waals surface area contributed by atoms with Crippen LogP contribution in [0, 0.1) is 5.82 Å². The van der Waals surface area contributed by atoms with Gasteiger partial charge in [0.15, 0.2) is 5.82 Å². The van der Waals surface area contributed by atoms with Crippen molar-refractivity contribution in [2.75, 3.05) is 0 Å². The molecule has 0 fully saturated rings. The maximum absolute atomic E-state index is 14.5. The van der Waals surface area contributed by atoms with E-state index in [9.17, 15) is 9.18 Å². The van der Waals surface area contributed by atoms with Gasteiger partial charge in [-0.25, -0.2) is 19.2 Å². The van der Waals surface area contributed by atoms with Gasteiger partial charge in [0.25, 0.3) is 0 Å². The first-order chi connectivity index (χ1) is 18.1. The Morgan fingerprint density at radius 1 is 0.757 bits per heavy atom. The average Bonchev–Trinajstić information content (AvgIpc) is 2.92. The van der Waals surface area contributed by atoms with Gasteiger partial charge in [-0.05, 0) is 55.0 Å². The van der Waals surface area contributed by atoms with Crippen LogP contribution in [0.3, 0.4) is 0 Å². The number of ether oxygens (including phenoxy) is 1. The van der Waals surface area contributed by atoms with Crippen LogP contribution >= 0.6 is 0 Å². The van der Waals surface area contributed by atoms with Crippen molar-refractivity contribution in [3.05, 3.63) is 77.4 Å². The Morgan fingerprint density at radius 2 is 1.35 bits per heavy atom. The van der Waals surface area contributed by atoms with Crippen molar-refractivity contribution in [1.82, 2.24) is 9.97 Å². The molecule has 0 spiro atoms. The summed E-state index contributed by atoms with van der Waals surface area (Å²) in [6.07, 6.45) is 18.7. The molecule has 0 N–H and O–H groups in total. The number of hydrogen-bond donors (Lipinski definition) is 0. The highest BCUT2D eigenvalue weighted by Crippen LogP contribution is 2.21. The second-order valence-corrected chi connectivity index (χ2v) is 9.82. The molecule has 3 rings (SSSR count). The number of nitrogens with zero attached hydrogens (tertiary/aromatic N) is 2. The van der Waals surface area contributed by atoms with E-state index in [0.29, 0.717) is 23.4 Å². The van der Waals surface area contributed by atoms with Crippen molar-refractivity contribution >= 4 is 5.97 Å². The van der Waals surface area contributed by atoms with Gasteiger partial charge in [-0.1, -0.05) is 89.8 Å². The number of carbonyl (C=O) groups is 1. The number of benzene rings is 2. The molecule has 5 heteroatoms. The van der Waals surface area contributed by atoms with Crippen LogP contribution in [0.5, 0.6) is 5.75 Å². The third-order valence-electron chi connectivity index (χ3n) is 6.69. The molecule has 0 saturated carbocycles. The van der Waals surface area contributed by atoms with Crippen LogP contribution in [0.4, 0.5) is 4.39 Å². The molecule has 0 aliphatic rings. The number of hydrogen-bond acceptors (Lipinski definition) is 4. The number of aryl methyl sites for hydroxylation is 2. The molecule has 3 aromatic rings. The smallest absolute Gasteiger partial charge is 0.343 e. The lowest BCUT2D eigenvalue weighted by Crippen LogP contribution is -2.09. The van der Waals surface area contributed by atoms with E-state index >= 15 is 0 Å². The van der Waals surface area contributed by atoms with Crippen molar-refractivity contribution < 1.29 is 13.9 Å². The summed E-state index contributed by atoms with van der Waals surface area (Å²) in [5.74, 6) is -0.00529. The van der Waals surface area contributed by atoms with Crippen LogP contribution in [0.15, 0.2) is 54.9 Å². The van der Waals surface area contributed by atoms with Crippen molar-refractivity contribution in [1.29, 1.82) is 0 Å². The van der Waals surface area contributed by atoms with Gasteiger partial charge in [0.05, 0.1) is 5.56 Å². The highest BCUT2D eigenvalue weighted by atomic mass is 19.1. The Bertz CT molecular complexity index is 1080. The van der Waals surface area contributed by atoms with E-state index in [0.717, 1.165) is 36.8 Å². The molecule has 2 aromatic carbocycles. The summed E-state index contributed by atoms with van der Waals surface area (Å²) in [6.45, 7) is 4.42. The first-order valence-corrected chi connectivity index (χ1v) is 14.0. The largest absolute Gasteiger partial charge is 0.423 e. The van der Waals surface area contributed by atoms with E-state index < -0.39 is 5.97 Å². The zero-order valence-corrected chi connectivity index (χ0v) is 22.5. The minimum atomic E-state index is -0.519. The van der Waals surface area contributed by atoms with Gasteiger partial charge < -0.3 is 4.74 Å². The van der Waals surface area contributed by atoms with E-state index in [1.54, 1.807) is 36.4 Å². The molecule has 0 unspecified atom stereocenters. The van der Waals surface area contributed by atoms with Gasteiger partial charge in [0, 0.05) is 24.0 Å². The number of aromatic nitrogens is 2. The molecule has 0 aliphatic carbocycles. The summed E-state index contributed by atoms with van der Waals surface area (Å²) in [7, 11) is 0. The average molecular weight is 505 g/mol. The minimum Gasteiger partial charge on any atom is -0.423 e. The van der Waals surface area contributed by atoms with Gasteiger partial charge in [-0.2, -0.15) is 0 Å². The third kappa shape index (κ3) is 9.71. The van der Waals surface area contributed by atoms with Crippen LogP contribution in [0.2, 0.25) is 0 Å². The lowest BCUT2D eigenvalue weighted by atomic mass is 10.0. The Hall–Kier alpha value is -3.08. The number of unbranched alkanes of at least 4 members (excludes halogenated alkanes) is 9. The lowest BCUT2D eigenvalue weighted by molar-refractivity contribution is 0.0734. The summed E-state index contributed by atoms with van der Waals surface area (Å²) < 4.78 is 19.9. The monoisotopic (exact) mass is 504 g/mol. The number of carbonyl (C=O) groups excluding carboxylic acids is 1. The SMILES string of the molecule is CCCCCCCCc1ccc(OC(=O)c2ccc(-c3ncc(CCCCCCC)cn3)cc2)cc1F. The lowest BCUT2D eigenvalue weighted by Gasteiger charge is -2.08. The van der Waals surface area contributed by atoms with Crippen molar-refractivity contribution in [2.24, 2.45) is 0 Å². The van der Waals surface area contributed by atoms with E-state index in [2.05, 4.69) is 23.8 Å². The summed E-state index contributed by atoms with van der Waals surface area (Å²) >= 11 is 0. The van der Waals surface area contributed by atoms with Crippen molar-refractivity contribution in [2.45, 2.75) is 97.3 Å².